The summed E-state index contributed by atoms with van der Waals surface area (Å²) in [6.45, 7) is 0. The van der Waals surface area contributed by atoms with Crippen molar-refractivity contribution in [1.29, 1.82) is 0 Å². The Labute approximate surface area is 69.3 Å². The van der Waals surface area contributed by atoms with Gasteiger partial charge in [0.05, 0.1) is 0 Å². The summed E-state index contributed by atoms with van der Waals surface area (Å²) in [6, 6.07) is 6.14. The van der Waals surface area contributed by atoms with Crippen molar-refractivity contribution >= 4 is 5.91 Å². The van der Waals surface area contributed by atoms with Crippen LogP contribution in [0.15, 0.2) is 24.3 Å². The molecule has 0 saturated heterocycles. The van der Waals surface area contributed by atoms with Gasteiger partial charge in [-0.1, -0.05) is 18.2 Å². The van der Waals surface area contributed by atoms with Gasteiger partial charge in [-0.3, -0.25) is 4.79 Å². The summed E-state index contributed by atoms with van der Waals surface area (Å²) < 4.78 is 0. The van der Waals surface area contributed by atoms with Crippen molar-refractivity contribution < 1.29 is 9.63 Å². The number of carbonyl (C=O) groups is 1. The number of para-hydroxylation sites is 1. The molecule has 0 spiro atoms. The number of amides is 1. The fraction of sp³-hybridized carbons (Fsp3) is 0.125. The van der Waals surface area contributed by atoms with Crippen molar-refractivity contribution in [3.8, 4) is 5.75 Å². The van der Waals surface area contributed by atoms with E-state index >= 15 is 0 Å². The van der Waals surface area contributed by atoms with Crippen LogP contribution in [0, 0.1) is 0 Å². The summed E-state index contributed by atoms with van der Waals surface area (Å²) >= 11 is 0. The van der Waals surface area contributed by atoms with Gasteiger partial charge in [0.25, 0.3) is 5.91 Å². The van der Waals surface area contributed by atoms with Gasteiger partial charge in [-0.25, -0.2) is 5.73 Å². The third kappa shape index (κ3) is 0.931. The van der Waals surface area contributed by atoms with Gasteiger partial charge in [0, 0.05) is 5.56 Å². The summed E-state index contributed by atoms with van der Waals surface area (Å²) in [7, 11) is 0. The standard InChI is InChI=1S/C8H7N2O2/c9-7-5-3-1-2-4-6(5)12-10-8(7)11/h1-4,7,9H,(H,10,11). The second kappa shape index (κ2) is 2.49. The Morgan fingerprint density at radius 3 is 3.00 bits per heavy atom. The first-order valence-corrected chi connectivity index (χ1v) is 3.56. The van der Waals surface area contributed by atoms with Crippen LogP contribution in [0.1, 0.15) is 11.6 Å². The van der Waals surface area contributed by atoms with Crippen molar-refractivity contribution in [2.24, 2.45) is 0 Å². The normalized spacial score (nSPS) is 20.8. The molecule has 0 saturated carbocycles. The van der Waals surface area contributed by atoms with E-state index < -0.39 is 11.9 Å². The number of benzene rings is 1. The maximum Gasteiger partial charge on any atom is 0.275 e. The van der Waals surface area contributed by atoms with Gasteiger partial charge < -0.3 is 4.84 Å². The maximum atomic E-state index is 10.9. The van der Waals surface area contributed by atoms with Crippen LogP contribution >= 0.6 is 0 Å². The zero-order valence-corrected chi connectivity index (χ0v) is 6.20. The number of hydrogen-bond donors (Lipinski definition) is 1. The highest BCUT2D eigenvalue weighted by atomic mass is 16.7. The van der Waals surface area contributed by atoms with Crippen LogP contribution in [0.2, 0.25) is 0 Å². The molecule has 4 heteroatoms. The molecular formula is C8H7N2O2. The molecule has 1 atom stereocenters. The van der Waals surface area contributed by atoms with Gasteiger partial charge in [-0.05, 0) is 6.07 Å². The Morgan fingerprint density at radius 2 is 2.17 bits per heavy atom. The molecule has 1 radical (unpaired) electrons. The van der Waals surface area contributed by atoms with E-state index in [1.165, 1.54) is 0 Å². The summed E-state index contributed by atoms with van der Waals surface area (Å²) in [5.41, 5.74) is 10.2. The molecule has 12 heavy (non-hydrogen) atoms. The Bertz CT molecular complexity index is 325. The molecule has 1 aliphatic rings. The van der Waals surface area contributed by atoms with Crippen molar-refractivity contribution in [2.75, 3.05) is 0 Å². The summed E-state index contributed by atoms with van der Waals surface area (Å²) in [5.74, 6) is 0.130. The summed E-state index contributed by atoms with van der Waals surface area (Å²) in [5, 5.41) is 0. The van der Waals surface area contributed by atoms with Crippen LogP contribution in [0.5, 0.6) is 5.75 Å². The Morgan fingerprint density at radius 1 is 1.42 bits per heavy atom. The number of fused-ring (bicyclic) bond motifs is 1. The molecule has 0 aliphatic carbocycles. The summed E-state index contributed by atoms with van der Waals surface area (Å²) in [4.78, 5) is 15.8. The zero-order valence-electron chi connectivity index (χ0n) is 6.20. The molecular weight excluding hydrogens is 156 g/mol. The first-order valence-electron chi connectivity index (χ1n) is 3.56. The first-order chi connectivity index (χ1) is 5.79. The van der Waals surface area contributed by atoms with Crippen LogP contribution in [0.3, 0.4) is 0 Å². The van der Waals surface area contributed by atoms with Crippen LogP contribution < -0.4 is 16.1 Å². The number of nitrogens with one attached hydrogen (secondary N) is 2. The topological polar surface area (TPSA) is 62.1 Å². The van der Waals surface area contributed by atoms with E-state index in [0.717, 1.165) is 0 Å². The van der Waals surface area contributed by atoms with Gasteiger partial charge in [0.15, 0.2) is 5.75 Å². The van der Waals surface area contributed by atoms with Gasteiger partial charge in [0.1, 0.15) is 6.04 Å². The highest BCUT2D eigenvalue weighted by molar-refractivity contribution is 5.84. The minimum atomic E-state index is -0.866. The Hall–Kier alpha value is -1.55. The van der Waals surface area contributed by atoms with E-state index in [2.05, 4.69) is 5.48 Å². The largest absolute Gasteiger partial charge is 0.379 e. The second-order valence-corrected chi connectivity index (χ2v) is 2.54. The van der Waals surface area contributed by atoms with Crippen molar-refractivity contribution in [2.45, 2.75) is 6.04 Å². The van der Waals surface area contributed by atoms with Gasteiger partial charge >= 0.3 is 0 Å². The monoisotopic (exact) mass is 163 g/mol. The van der Waals surface area contributed by atoms with Crippen LogP contribution in [0.25, 0.3) is 0 Å². The van der Waals surface area contributed by atoms with E-state index in [1.807, 2.05) is 0 Å². The number of hydrogen-bond acceptors (Lipinski definition) is 2. The molecule has 1 unspecified atom stereocenters. The molecule has 2 N–H and O–H groups in total. The van der Waals surface area contributed by atoms with Crippen LogP contribution in [-0.4, -0.2) is 5.91 Å². The quantitative estimate of drug-likeness (QED) is 0.603. The number of carbonyl (C=O) groups excluding carboxylic acids is 1. The fourth-order valence-corrected chi connectivity index (χ4v) is 1.12. The number of rotatable bonds is 0. The fourth-order valence-electron chi connectivity index (χ4n) is 1.12. The first kappa shape index (κ1) is 7.12. The van der Waals surface area contributed by atoms with Crippen LogP contribution in [0.4, 0.5) is 0 Å². The molecule has 1 aromatic carbocycles. The van der Waals surface area contributed by atoms with E-state index in [0.29, 0.717) is 11.3 Å². The average molecular weight is 163 g/mol. The van der Waals surface area contributed by atoms with Crippen molar-refractivity contribution in [3.63, 3.8) is 0 Å². The lowest BCUT2D eigenvalue weighted by Crippen LogP contribution is -2.37. The minimum Gasteiger partial charge on any atom is -0.379 e. The predicted octanol–water partition coefficient (Wildman–Crippen LogP) is 0.434. The second-order valence-electron chi connectivity index (χ2n) is 2.54. The van der Waals surface area contributed by atoms with Gasteiger partial charge in [-0.15, -0.1) is 0 Å². The molecule has 0 fully saturated rings. The highest BCUT2D eigenvalue weighted by Crippen LogP contribution is 2.26. The lowest BCUT2D eigenvalue weighted by atomic mass is 10.1. The van der Waals surface area contributed by atoms with Crippen molar-refractivity contribution in [1.82, 2.24) is 11.2 Å². The van der Waals surface area contributed by atoms with Crippen molar-refractivity contribution in [3.05, 3.63) is 29.8 Å². The Kier molecular flexibility index (Phi) is 1.48. The summed E-state index contributed by atoms with van der Waals surface area (Å²) in [6.07, 6.45) is 0. The molecule has 0 bridgehead atoms. The highest BCUT2D eigenvalue weighted by Gasteiger charge is 2.25. The molecule has 4 nitrogen and oxygen atoms in total. The lowest BCUT2D eigenvalue weighted by molar-refractivity contribution is -0.130. The van der Waals surface area contributed by atoms with Crippen LogP contribution in [-0.2, 0) is 4.79 Å². The smallest absolute Gasteiger partial charge is 0.275 e. The van der Waals surface area contributed by atoms with E-state index in [4.69, 9.17) is 10.6 Å². The van der Waals surface area contributed by atoms with E-state index in [9.17, 15) is 4.79 Å². The third-order valence-corrected chi connectivity index (χ3v) is 1.75. The molecule has 0 aromatic heterocycles. The number of hydroxylamine groups is 1. The molecule has 1 heterocycles. The Balaban J connectivity index is 2.48. The predicted molar refractivity (Wildman–Crippen MR) is 41.1 cm³/mol. The third-order valence-electron chi connectivity index (χ3n) is 1.75. The van der Waals surface area contributed by atoms with Gasteiger partial charge in [0.2, 0.25) is 0 Å². The van der Waals surface area contributed by atoms with Gasteiger partial charge in [-0.2, -0.15) is 5.48 Å². The minimum absolute atomic E-state index is 0.422. The maximum absolute atomic E-state index is 10.9. The van der Waals surface area contributed by atoms with E-state index in [1.54, 1.807) is 24.3 Å². The molecule has 61 valence electrons. The van der Waals surface area contributed by atoms with E-state index in [-0.39, 0.29) is 0 Å². The lowest BCUT2D eigenvalue weighted by Gasteiger charge is -2.20. The molecule has 1 amide bonds. The molecule has 1 aromatic rings. The SMILES string of the molecule is [NH]C1C(=O)NOc2ccccc21. The molecule has 2 rings (SSSR count). The zero-order chi connectivity index (χ0) is 8.55. The average Bonchev–Trinajstić information content (AvgIpc) is 2.12. The molecule has 1 aliphatic heterocycles.